The Morgan fingerprint density at radius 1 is 1.31 bits per heavy atom. The van der Waals surface area contributed by atoms with Crippen LogP contribution in [0.1, 0.15) is 33.7 Å². The molecule has 3 aromatic rings. The zero-order chi connectivity index (χ0) is 18.1. The summed E-state index contributed by atoms with van der Waals surface area (Å²) in [4.78, 5) is 21.0. The van der Waals surface area contributed by atoms with Crippen molar-refractivity contribution in [2.75, 3.05) is 26.2 Å². The lowest BCUT2D eigenvalue weighted by Gasteiger charge is -2.31. The highest BCUT2D eigenvalue weighted by atomic mass is 32.1. The normalized spacial score (nSPS) is 15.7. The van der Waals surface area contributed by atoms with Crippen LogP contribution in [0.2, 0.25) is 0 Å². The summed E-state index contributed by atoms with van der Waals surface area (Å²) in [5, 5.41) is 5.18. The molecule has 1 amide bonds. The Hall–Kier alpha value is -2.25. The van der Waals surface area contributed by atoms with Crippen LogP contribution in [0.3, 0.4) is 0 Å². The lowest BCUT2D eigenvalue weighted by molar-refractivity contribution is -0.917. The predicted molar refractivity (Wildman–Crippen MR) is 101 cm³/mol. The molecule has 1 aliphatic rings. The monoisotopic (exact) mass is 371 g/mol. The summed E-state index contributed by atoms with van der Waals surface area (Å²) in [6.45, 7) is 8.12. The summed E-state index contributed by atoms with van der Waals surface area (Å²) >= 11 is 1.77. The number of rotatable bonds is 4. The van der Waals surface area contributed by atoms with E-state index >= 15 is 0 Å². The third kappa shape index (κ3) is 3.24. The molecule has 0 spiro atoms. The van der Waals surface area contributed by atoms with Crippen molar-refractivity contribution in [1.82, 2.24) is 15.0 Å². The number of thiazole rings is 1. The summed E-state index contributed by atoms with van der Waals surface area (Å²) < 4.78 is 6.46. The van der Waals surface area contributed by atoms with Gasteiger partial charge in [-0.05, 0) is 25.5 Å². The van der Waals surface area contributed by atoms with Crippen molar-refractivity contribution in [3.63, 3.8) is 0 Å². The van der Waals surface area contributed by atoms with Crippen LogP contribution in [0.15, 0.2) is 28.8 Å². The van der Waals surface area contributed by atoms with Crippen LogP contribution in [0.5, 0.6) is 0 Å². The quantitative estimate of drug-likeness (QED) is 0.758. The van der Waals surface area contributed by atoms with Crippen LogP contribution >= 0.6 is 11.3 Å². The number of para-hydroxylation sites is 1. The Kier molecular flexibility index (Phi) is 4.74. The van der Waals surface area contributed by atoms with E-state index < -0.39 is 0 Å². The molecule has 0 radical (unpaired) electrons. The molecule has 1 aromatic carbocycles. The van der Waals surface area contributed by atoms with Crippen molar-refractivity contribution in [3.05, 3.63) is 46.3 Å². The van der Waals surface area contributed by atoms with Crippen LogP contribution in [0, 0.1) is 6.92 Å². The first-order chi connectivity index (χ1) is 12.7. The number of aryl methyl sites for hydroxylation is 2. The lowest BCUT2D eigenvalue weighted by atomic mass is 10.1. The van der Waals surface area contributed by atoms with Gasteiger partial charge in [0.2, 0.25) is 0 Å². The van der Waals surface area contributed by atoms with Crippen LogP contribution < -0.4 is 4.90 Å². The van der Waals surface area contributed by atoms with E-state index in [1.54, 1.807) is 11.3 Å². The molecule has 0 unspecified atom stereocenters. The summed E-state index contributed by atoms with van der Waals surface area (Å²) in [6.07, 6.45) is 0.710. The van der Waals surface area contributed by atoms with Crippen molar-refractivity contribution in [2.45, 2.75) is 26.8 Å². The van der Waals surface area contributed by atoms with Crippen LogP contribution in [0.25, 0.3) is 10.2 Å². The minimum absolute atomic E-state index is 0.0552. The van der Waals surface area contributed by atoms with Crippen LogP contribution in [-0.2, 0) is 13.0 Å². The third-order valence-electron chi connectivity index (χ3n) is 4.98. The Balaban J connectivity index is 1.39. The van der Waals surface area contributed by atoms with Gasteiger partial charge in [-0.25, -0.2) is 4.98 Å². The van der Waals surface area contributed by atoms with Crippen molar-refractivity contribution >= 4 is 27.5 Å². The number of hydrogen-bond acceptors (Lipinski definition) is 5. The highest BCUT2D eigenvalue weighted by Gasteiger charge is 2.29. The summed E-state index contributed by atoms with van der Waals surface area (Å²) in [6, 6.07) is 8.27. The first kappa shape index (κ1) is 17.2. The number of hydrogen-bond donors (Lipinski definition) is 1. The molecule has 0 atom stereocenters. The van der Waals surface area contributed by atoms with E-state index in [1.165, 1.54) is 14.6 Å². The minimum Gasteiger partial charge on any atom is -0.361 e. The number of benzene rings is 1. The lowest BCUT2D eigenvalue weighted by Crippen LogP contribution is -3.13. The van der Waals surface area contributed by atoms with E-state index in [9.17, 15) is 4.79 Å². The highest BCUT2D eigenvalue weighted by Crippen LogP contribution is 2.21. The molecule has 2 aromatic heterocycles. The number of nitrogens with one attached hydrogen (secondary N) is 1. The van der Waals surface area contributed by atoms with E-state index in [1.807, 2.05) is 24.8 Å². The van der Waals surface area contributed by atoms with Crippen LogP contribution in [-0.4, -0.2) is 47.1 Å². The van der Waals surface area contributed by atoms with E-state index in [2.05, 4.69) is 23.4 Å². The van der Waals surface area contributed by atoms with Gasteiger partial charge in [0.15, 0.2) is 0 Å². The highest BCUT2D eigenvalue weighted by molar-refractivity contribution is 7.18. The number of piperazine rings is 1. The van der Waals surface area contributed by atoms with Gasteiger partial charge in [0, 0.05) is 0 Å². The van der Waals surface area contributed by atoms with E-state index in [0.29, 0.717) is 17.7 Å². The SMILES string of the molecule is CCc1noc(C)c1C(=O)N1CC[NH+](Cc2nc3ccccc3s2)CC1. The standard InChI is InChI=1S/C19H22N4O2S/c1-3-14-18(13(2)25-21-14)19(24)23-10-8-22(9-11-23)12-17-20-15-6-4-5-7-16(15)26-17/h4-7H,3,8-12H2,1-2H3/p+1. The molecular weight excluding hydrogens is 348 g/mol. The third-order valence-corrected chi connectivity index (χ3v) is 6.02. The van der Waals surface area contributed by atoms with Crippen LogP contribution in [0.4, 0.5) is 0 Å². The van der Waals surface area contributed by atoms with Gasteiger partial charge in [0.25, 0.3) is 5.91 Å². The van der Waals surface area contributed by atoms with Gasteiger partial charge < -0.3 is 14.3 Å². The molecule has 0 bridgehead atoms. The molecule has 1 saturated heterocycles. The number of quaternary nitrogens is 1. The Morgan fingerprint density at radius 2 is 2.08 bits per heavy atom. The fraction of sp³-hybridized carbons (Fsp3) is 0.421. The Morgan fingerprint density at radius 3 is 2.81 bits per heavy atom. The molecular formula is C19H23N4O2S+. The molecule has 1 fully saturated rings. The summed E-state index contributed by atoms with van der Waals surface area (Å²) in [7, 11) is 0. The number of carbonyl (C=O) groups is 1. The first-order valence-electron chi connectivity index (χ1n) is 9.08. The van der Waals surface area contributed by atoms with Crippen molar-refractivity contribution in [3.8, 4) is 0 Å². The zero-order valence-corrected chi connectivity index (χ0v) is 15.9. The maximum atomic E-state index is 12.9. The average Bonchev–Trinajstić information content (AvgIpc) is 3.24. The summed E-state index contributed by atoms with van der Waals surface area (Å²) in [5.41, 5.74) is 2.50. The fourth-order valence-corrected chi connectivity index (χ4v) is 4.54. The molecule has 1 N–H and O–H groups in total. The maximum absolute atomic E-state index is 12.9. The topological polar surface area (TPSA) is 63.7 Å². The molecule has 1 aliphatic heterocycles. The second-order valence-corrected chi connectivity index (χ2v) is 7.82. The van der Waals surface area contributed by atoms with Crippen molar-refractivity contribution in [2.24, 2.45) is 0 Å². The van der Waals surface area contributed by atoms with E-state index in [-0.39, 0.29) is 5.91 Å². The second kappa shape index (κ2) is 7.17. The number of aromatic nitrogens is 2. The van der Waals surface area contributed by atoms with Gasteiger partial charge in [-0.3, -0.25) is 4.79 Å². The first-order valence-corrected chi connectivity index (χ1v) is 9.89. The molecule has 3 heterocycles. The second-order valence-electron chi connectivity index (χ2n) is 6.71. The van der Waals surface area contributed by atoms with Gasteiger partial charge in [-0.15, -0.1) is 11.3 Å². The molecule has 4 rings (SSSR count). The van der Waals surface area contributed by atoms with Gasteiger partial charge in [-0.1, -0.05) is 24.2 Å². The van der Waals surface area contributed by atoms with Crippen molar-refractivity contribution < 1.29 is 14.2 Å². The van der Waals surface area contributed by atoms with Gasteiger partial charge in [0.1, 0.15) is 22.9 Å². The molecule has 136 valence electrons. The Labute approximate surface area is 156 Å². The van der Waals surface area contributed by atoms with E-state index in [0.717, 1.165) is 43.9 Å². The van der Waals surface area contributed by atoms with Gasteiger partial charge in [0.05, 0.1) is 42.1 Å². The largest absolute Gasteiger partial charge is 0.361 e. The average molecular weight is 371 g/mol. The molecule has 0 aliphatic carbocycles. The number of nitrogens with zero attached hydrogens (tertiary/aromatic N) is 3. The zero-order valence-electron chi connectivity index (χ0n) is 15.1. The number of fused-ring (bicyclic) bond motifs is 1. The van der Waals surface area contributed by atoms with Crippen molar-refractivity contribution in [1.29, 1.82) is 0 Å². The van der Waals surface area contributed by atoms with Gasteiger partial charge in [-0.2, -0.15) is 0 Å². The minimum atomic E-state index is 0.0552. The Bertz CT molecular complexity index is 892. The molecule has 6 nitrogen and oxygen atoms in total. The summed E-state index contributed by atoms with van der Waals surface area (Å²) in [5.74, 6) is 0.677. The molecule has 0 saturated carbocycles. The fourth-order valence-electron chi connectivity index (χ4n) is 3.50. The smallest absolute Gasteiger partial charge is 0.259 e. The number of amides is 1. The number of carbonyl (C=O) groups excluding carboxylic acids is 1. The molecule has 7 heteroatoms. The molecule has 26 heavy (non-hydrogen) atoms. The predicted octanol–water partition coefficient (Wildman–Crippen LogP) is 1.70. The maximum Gasteiger partial charge on any atom is 0.259 e. The van der Waals surface area contributed by atoms with Gasteiger partial charge >= 0.3 is 0 Å². The van der Waals surface area contributed by atoms with E-state index in [4.69, 9.17) is 9.51 Å².